The highest BCUT2D eigenvalue weighted by Gasteiger charge is 2.08. The van der Waals surface area contributed by atoms with E-state index < -0.39 is 0 Å². The Morgan fingerprint density at radius 3 is 2.38 bits per heavy atom. The lowest BCUT2D eigenvalue weighted by Gasteiger charge is -2.15. The first-order valence-electron chi connectivity index (χ1n) is 5.66. The van der Waals surface area contributed by atoms with Gasteiger partial charge in [0.15, 0.2) is 0 Å². The molecule has 2 aromatic rings. The summed E-state index contributed by atoms with van der Waals surface area (Å²) >= 11 is 0. The number of nitrogens with two attached hydrogens (primary N) is 2. The Bertz CT molecular complexity index is 477. The first kappa shape index (κ1) is 11.1. The van der Waals surface area contributed by atoms with Crippen LogP contribution in [0.3, 0.4) is 0 Å². The van der Waals surface area contributed by atoms with E-state index in [0.29, 0.717) is 0 Å². The summed E-state index contributed by atoms with van der Waals surface area (Å²) in [5.41, 5.74) is 13.0. The van der Waals surface area contributed by atoms with Gasteiger partial charge >= 0.3 is 0 Å². The van der Waals surface area contributed by atoms with Crippen molar-refractivity contribution < 1.29 is 0 Å². The predicted molar refractivity (Wildman–Crippen MR) is 69.1 cm³/mol. The highest BCUT2D eigenvalue weighted by molar-refractivity contribution is 5.83. The van der Waals surface area contributed by atoms with Gasteiger partial charge in [0, 0.05) is 12.1 Å². The molecule has 16 heavy (non-hydrogen) atoms. The molecule has 0 bridgehead atoms. The SMILES string of the molecule is CC(N)CC(N)c1ccc2ccccc2c1. The second-order valence-electron chi connectivity index (χ2n) is 4.43. The van der Waals surface area contributed by atoms with E-state index in [0.717, 1.165) is 12.0 Å². The van der Waals surface area contributed by atoms with E-state index in [9.17, 15) is 0 Å². The van der Waals surface area contributed by atoms with Gasteiger partial charge in [-0.25, -0.2) is 0 Å². The van der Waals surface area contributed by atoms with E-state index in [1.165, 1.54) is 10.8 Å². The monoisotopic (exact) mass is 214 g/mol. The first-order valence-corrected chi connectivity index (χ1v) is 5.66. The summed E-state index contributed by atoms with van der Waals surface area (Å²) < 4.78 is 0. The van der Waals surface area contributed by atoms with Crippen LogP contribution in [0.1, 0.15) is 24.9 Å². The minimum absolute atomic E-state index is 0.0320. The zero-order valence-electron chi connectivity index (χ0n) is 9.56. The molecule has 4 N–H and O–H groups in total. The second-order valence-corrected chi connectivity index (χ2v) is 4.43. The lowest BCUT2D eigenvalue weighted by molar-refractivity contribution is 0.569. The van der Waals surface area contributed by atoms with Gasteiger partial charge in [-0.05, 0) is 35.7 Å². The molecule has 2 nitrogen and oxygen atoms in total. The van der Waals surface area contributed by atoms with E-state index in [-0.39, 0.29) is 12.1 Å². The Labute approximate surface area is 96.3 Å². The third kappa shape index (κ3) is 2.40. The molecule has 0 aliphatic carbocycles. The van der Waals surface area contributed by atoms with Crippen molar-refractivity contribution in [2.24, 2.45) is 11.5 Å². The molecule has 2 unspecified atom stereocenters. The third-order valence-electron chi connectivity index (χ3n) is 2.83. The van der Waals surface area contributed by atoms with Crippen LogP contribution >= 0.6 is 0 Å². The van der Waals surface area contributed by atoms with E-state index in [1.54, 1.807) is 0 Å². The van der Waals surface area contributed by atoms with E-state index in [2.05, 4.69) is 30.3 Å². The molecule has 0 saturated heterocycles. The zero-order valence-corrected chi connectivity index (χ0v) is 9.56. The average molecular weight is 214 g/mol. The van der Waals surface area contributed by atoms with Crippen molar-refractivity contribution in [3.63, 3.8) is 0 Å². The summed E-state index contributed by atoms with van der Waals surface area (Å²) in [5.74, 6) is 0. The highest BCUT2D eigenvalue weighted by atomic mass is 14.7. The van der Waals surface area contributed by atoms with Crippen molar-refractivity contribution in [3.8, 4) is 0 Å². The molecule has 0 spiro atoms. The van der Waals surface area contributed by atoms with Gasteiger partial charge in [0.2, 0.25) is 0 Å². The van der Waals surface area contributed by atoms with Crippen LogP contribution in [0.25, 0.3) is 10.8 Å². The first-order chi connectivity index (χ1) is 7.66. The molecule has 0 aromatic heterocycles. The van der Waals surface area contributed by atoms with E-state index >= 15 is 0 Å². The molecule has 2 aromatic carbocycles. The van der Waals surface area contributed by atoms with Crippen LogP contribution in [-0.2, 0) is 0 Å². The van der Waals surface area contributed by atoms with Gasteiger partial charge in [0.25, 0.3) is 0 Å². The molecule has 0 radical (unpaired) electrons. The van der Waals surface area contributed by atoms with Gasteiger partial charge < -0.3 is 11.5 Å². The summed E-state index contributed by atoms with van der Waals surface area (Å²) in [6.45, 7) is 1.99. The maximum atomic E-state index is 6.11. The molecule has 2 heteroatoms. The van der Waals surface area contributed by atoms with Gasteiger partial charge in [-0.2, -0.15) is 0 Å². The maximum absolute atomic E-state index is 6.11. The van der Waals surface area contributed by atoms with Crippen LogP contribution < -0.4 is 11.5 Å². The van der Waals surface area contributed by atoms with E-state index in [1.807, 2.05) is 19.1 Å². The number of hydrogen-bond acceptors (Lipinski definition) is 2. The summed E-state index contributed by atoms with van der Waals surface area (Å²) in [4.78, 5) is 0. The van der Waals surface area contributed by atoms with Crippen molar-refractivity contribution in [2.45, 2.75) is 25.4 Å². The molecule has 0 heterocycles. The summed E-state index contributed by atoms with van der Waals surface area (Å²) in [6, 6.07) is 14.8. The molecular formula is C14H18N2. The van der Waals surface area contributed by atoms with Crippen LogP contribution in [0.5, 0.6) is 0 Å². The number of rotatable bonds is 3. The minimum Gasteiger partial charge on any atom is -0.328 e. The Balaban J connectivity index is 2.32. The van der Waals surface area contributed by atoms with Crippen molar-refractivity contribution in [3.05, 3.63) is 48.0 Å². The normalized spacial score (nSPS) is 14.9. The fourth-order valence-electron chi connectivity index (χ4n) is 1.98. The fraction of sp³-hybridized carbons (Fsp3) is 0.286. The molecule has 0 aliphatic heterocycles. The highest BCUT2D eigenvalue weighted by Crippen LogP contribution is 2.21. The second kappa shape index (κ2) is 4.64. The standard InChI is InChI=1S/C14H18N2/c1-10(15)8-14(16)13-7-6-11-4-2-3-5-12(11)9-13/h2-7,9-10,14H,8,15-16H2,1H3. The number of fused-ring (bicyclic) bond motifs is 1. The molecule has 2 atom stereocenters. The third-order valence-corrected chi connectivity index (χ3v) is 2.83. The Kier molecular flexibility index (Phi) is 3.22. The lowest BCUT2D eigenvalue weighted by Crippen LogP contribution is -2.23. The van der Waals surface area contributed by atoms with Crippen LogP contribution in [0, 0.1) is 0 Å². The molecule has 0 saturated carbocycles. The molecule has 0 amide bonds. The molecule has 0 fully saturated rings. The quantitative estimate of drug-likeness (QED) is 0.825. The summed E-state index contributed by atoms with van der Waals surface area (Å²) in [7, 11) is 0. The lowest BCUT2D eigenvalue weighted by atomic mass is 9.98. The van der Waals surface area contributed by atoms with Crippen molar-refractivity contribution >= 4 is 10.8 Å². The van der Waals surface area contributed by atoms with Crippen LogP contribution in [0.2, 0.25) is 0 Å². The van der Waals surface area contributed by atoms with Gasteiger partial charge in [0.05, 0.1) is 0 Å². The van der Waals surface area contributed by atoms with Crippen LogP contribution in [0.15, 0.2) is 42.5 Å². The number of benzene rings is 2. The van der Waals surface area contributed by atoms with Crippen LogP contribution in [-0.4, -0.2) is 6.04 Å². The average Bonchev–Trinajstić information content (AvgIpc) is 2.27. The van der Waals surface area contributed by atoms with Crippen molar-refractivity contribution in [1.29, 1.82) is 0 Å². The molecule has 0 aliphatic rings. The van der Waals surface area contributed by atoms with Gasteiger partial charge in [-0.3, -0.25) is 0 Å². The van der Waals surface area contributed by atoms with Crippen molar-refractivity contribution in [1.82, 2.24) is 0 Å². The minimum atomic E-state index is 0.0320. The van der Waals surface area contributed by atoms with Gasteiger partial charge in [-0.15, -0.1) is 0 Å². The molecular weight excluding hydrogens is 196 g/mol. The number of hydrogen-bond donors (Lipinski definition) is 2. The van der Waals surface area contributed by atoms with Gasteiger partial charge in [0.1, 0.15) is 0 Å². The van der Waals surface area contributed by atoms with E-state index in [4.69, 9.17) is 11.5 Å². The smallest absolute Gasteiger partial charge is 0.0309 e. The maximum Gasteiger partial charge on any atom is 0.0309 e. The Hall–Kier alpha value is -1.38. The summed E-state index contributed by atoms with van der Waals surface area (Å²) in [5, 5.41) is 2.49. The fourth-order valence-corrected chi connectivity index (χ4v) is 1.98. The molecule has 84 valence electrons. The predicted octanol–water partition coefficient (Wildman–Crippen LogP) is 2.58. The zero-order chi connectivity index (χ0) is 11.5. The topological polar surface area (TPSA) is 52.0 Å². The Morgan fingerprint density at radius 2 is 1.69 bits per heavy atom. The molecule has 2 rings (SSSR count). The van der Waals surface area contributed by atoms with Gasteiger partial charge in [-0.1, -0.05) is 36.4 Å². The van der Waals surface area contributed by atoms with Crippen LogP contribution in [0.4, 0.5) is 0 Å². The Morgan fingerprint density at radius 1 is 1.00 bits per heavy atom. The largest absolute Gasteiger partial charge is 0.328 e. The van der Waals surface area contributed by atoms with Crippen molar-refractivity contribution in [2.75, 3.05) is 0 Å². The summed E-state index contributed by atoms with van der Waals surface area (Å²) in [6.07, 6.45) is 0.818.